The minimum absolute atomic E-state index is 0.121. The van der Waals surface area contributed by atoms with E-state index >= 15 is 0 Å². The van der Waals surface area contributed by atoms with Crippen LogP contribution in [0, 0.1) is 5.82 Å². The van der Waals surface area contributed by atoms with E-state index in [1.807, 2.05) is 0 Å². The van der Waals surface area contributed by atoms with Crippen molar-refractivity contribution >= 4 is 17.4 Å². The SMILES string of the molecule is CC(=O)c1ccc(F)c(N(C)C(C)=O)c1. The number of hydrogen-bond acceptors (Lipinski definition) is 2. The third-order valence-electron chi connectivity index (χ3n) is 2.19. The van der Waals surface area contributed by atoms with Crippen molar-refractivity contribution in [2.45, 2.75) is 13.8 Å². The van der Waals surface area contributed by atoms with Crippen molar-refractivity contribution in [2.24, 2.45) is 0 Å². The molecule has 0 heterocycles. The Morgan fingerprint density at radius 1 is 1.27 bits per heavy atom. The quantitative estimate of drug-likeness (QED) is 0.699. The summed E-state index contributed by atoms with van der Waals surface area (Å²) in [7, 11) is 1.46. The number of rotatable bonds is 2. The van der Waals surface area contributed by atoms with E-state index in [0.29, 0.717) is 5.56 Å². The molecule has 0 unspecified atom stereocenters. The zero-order chi connectivity index (χ0) is 11.6. The third-order valence-corrected chi connectivity index (χ3v) is 2.19. The summed E-state index contributed by atoms with van der Waals surface area (Å²) in [6.07, 6.45) is 0. The second kappa shape index (κ2) is 4.21. The molecule has 0 fully saturated rings. The molecule has 3 nitrogen and oxygen atoms in total. The monoisotopic (exact) mass is 209 g/mol. The number of carbonyl (C=O) groups excluding carboxylic acids is 2. The maximum absolute atomic E-state index is 13.3. The molecule has 0 saturated carbocycles. The van der Waals surface area contributed by atoms with Crippen molar-refractivity contribution < 1.29 is 14.0 Å². The minimum Gasteiger partial charge on any atom is -0.313 e. The van der Waals surface area contributed by atoms with Crippen molar-refractivity contribution in [3.63, 3.8) is 0 Å². The topological polar surface area (TPSA) is 37.4 Å². The van der Waals surface area contributed by atoms with Gasteiger partial charge in [-0.05, 0) is 25.1 Å². The Balaban J connectivity index is 3.22. The average molecular weight is 209 g/mol. The number of halogens is 1. The summed E-state index contributed by atoms with van der Waals surface area (Å²) in [5.41, 5.74) is 0.509. The van der Waals surface area contributed by atoms with Crippen LogP contribution in [0.5, 0.6) is 0 Å². The van der Waals surface area contributed by atoms with Gasteiger partial charge < -0.3 is 4.90 Å². The lowest BCUT2D eigenvalue weighted by molar-refractivity contribution is -0.116. The molecule has 0 N–H and O–H groups in total. The van der Waals surface area contributed by atoms with Gasteiger partial charge in [-0.25, -0.2) is 4.39 Å². The highest BCUT2D eigenvalue weighted by molar-refractivity contribution is 5.97. The standard InChI is InChI=1S/C11H12FNO2/c1-7(14)9-4-5-10(12)11(6-9)13(3)8(2)15/h4-6H,1-3H3. The van der Waals surface area contributed by atoms with Crippen LogP contribution in [0.2, 0.25) is 0 Å². The van der Waals surface area contributed by atoms with Crippen LogP contribution in [0.15, 0.2) is 18.2 Å². The first-order chi connectivity index (χ1) is 6.93. The van der Waals surface area contributed by atoms with Gasteiger partial charge in [0.1, 0.15) is 5.82 Å². The van der Waals surface area contributed by atoms with Crippen LogP contribution < -0.4 is 4.90 Å². The molecule has 0 aliphatic heterocycles. The van der Waals surface area contributed by atoms with Gasteiger partial charge in [-0.3, -0.25) is 9.59 Å². The Hall–Kier alpha value is -1.71. The van der Waals surface area contributed by atoms with E-state index in [1.165, 1.54) is 44.0 Å². The van der Waals surface area contributed by atoms with Crippen LogP contribution in [0.1, 0.15) is 24.2 Å². The Morgan fingerprint density at radius 2 is 1.87 bits per heavy atom. The first-order valence-corrected chi connectivity index (χ1v) is 4.48. The number of hydrogen-bond donors (Lipinski definition) is 0. The van der Waals surface area contributed by atoms with Crippen LogP contribution >= 0.6 is 0 Å². The predicted octanol–water partition coefficient (Wildman–Crippen LogP) is 2.01. The predicted molar refractivity (Wildman–Crippen MR) is 55.5 cm³/mol. The molecule has 0 aliphatic carbocycles. The van der Waals surface area contributed by atoms with Crippen molar-refractivity contribution in [1.29, 1.82) is 0 Å². The number of Topliss-reactive ketones (excluding diaryl/α,β-unsaturated/α-hetero) is 1. The zero-order valence-corrected chi connectivity index (χ0v) is 8.87. The average Bonchev–Trinajstić information content (AvgIpc) is 2.16. The molecular weight excluding hydrogens is 197 g/mol. The number of nitrogens with zero attached hydrogens (tertiary/aromatic N) is 1. The second-order valence-corrected chi connectivity index (χ2v) is 3.30. The molecule has 0 saturated heterocycles. The van der Waals surface area contributed by atoms with E-state index in [-0.39, 0.29) is 17.4 Å². The molecule has 0 radical (unpaired) electrons. The van der Waals surface area contributed by atoms with Gasteiger partial charge in [0.05, 0.1) is 5.69 Å². The summed E-state index contributed by atoms with van der Waals surface area (Å²) >= 11 is 0. The molecule has 0 aromatic heterocycles. The van der Waals surface area contributed by atoms with Crippen LogP contribution in [-0.4, -0.2) is 18.7 Å². The molecule has 1 aromatic rings. The van der Waals surface area contributed by atoms with Crippen LogP contribution in [0.4, 0.5) is 10.1 Å². The third kappa shape index (κ3) is 2.40. The van der Waals surface area contributed by atoms with E-state index in [2.05, 4.69) is 0 Å². The molecule has 4 heteroatoms. The van der Waals surface area contributed by atoms with Crippen molar-refractivity contribution in [1.82, 2.24) is 0 Å². The van der Waals surface area contributed by atoms with Gasteiger partial charge in [0.25, 0.3) is 0 Å². The molecule has 1 rings (SSSR count). The highest BCUT2D eigenvalue weighted by Gasteiger charge is 2.12. The fourth-order valence-electron chi connectivity index (χ4n) is 1.16. The molecule has 15 heavy (non-hydrogen) atoms. The van der Waals surface area contributed by atoms with Gasteiger partial charge in [0, 0.05) is 19.5 Å². The van der Waals surface area contributed by atoms with Crippen LogP contribution in [0.3, 0.4) is 0 Å². The lowest BCUT2D eigenvalue weighted by Crippen LogP contribution is -2.24. The Bertz CT molecular complexity index is 415. The molecule has 1 amide bonds. The van der Waals surface area contributed by atoms with Crippen molar-refractivity contribution in [3.05, 3.63) is 29.6 Å². The maximum atomic E-state index is 13.3. The fourth-order valence-corrected chi connectivity index (χ4v) is 1.16. The molecule has 0 bridgehead atoms. The van der Waals surface area contributed by atoms with Crippen LogP contribution in [-0.2, 0) is 4.79 Å². The Morgan fingerprint density at radius 3 is 2.33 bits per heavy atom. The number of benzene rings is 1. The summed E-state index contributed by atoms with van der Waals surface area (Å²) in [6.45, 7) is 2.73. The Kier molecular flexibility index (Phi) is 3.19. The normalized spacial score (nSPS) is 9.87. The lowest BCUT2D eigenvalue weighted by atomic mass is 10.1. The van der Waals surface area contributed by atoms with Gasteiger partial charge >= 0.3 is 0 Å². The highest BCUT2D eigenvalue weighted by atomic mass is 19.1. The summed E-state index contributed by atoms with van der Waals surface area (Å²) < 4.78 is 13.3. The molecule has 0 spiro atoms. The molecule has 1 aromatic carbocycles. The summed E-state index contributed by atoms with van der Waals surface area (Å²) in [4.78, 5) is 23.3. The molecule has 80 valence electrons. The Labute approximate surface area is 87.5 Å². The zero-order valence-electron chi connectivity index (χ0n) is 8.87. The van der Waals surface area contributed by atoms with Gasteiger partial charge in [-0.15, -0.1) is 0 Å². The minimum atomic E-state index is -0.516. The van der Waals surface area contributed by atoms with Gasteiger partial charge in [-0.1, -0.05) is 0 Å². The van der Waals surface area contributed by atoms with Crippen molar-refractivity contribution in [3.8, 4) is 0 Å². The van der Waals surface area contributed by atoms with E-state index in [9.17, 15) is 14.0 Å². The molecule has 0 atom stereocenters. The molecule has 0 aliphatic rings. The van der Waals surface area contributed by atoms with Gasteiger partial charge in [-0.2, -0.15) is 0 Å². The van der Waals surface area contributed by atoms with Gasteiger partial charge in [0.2, 0.25) is 5.91 Å². The van der Waals surface area contributed by atoms with E-state index in [4.69, 9.17) is 0 Å². The number of carbonyl (C=O) groups is 2. The first-order valence-electron chi connectivity index (χ1n) is 4.48. The summed E-state index contributed by atoms with van der Waals surface area (Å²) in [6, 6.07) is 3.96. The van der Waals surface area contributed by atoms with Crippen LogP contribution in [0.25, 0.3) is 0 Å². The molecular formula is C11H12FNO2. The van der Waals surface area contributed by atoms with Gasteiger partial charge in [0.15, 0.2) is 5.78 Å². The van der Waals surface area contributed by atoms with E-state index in [1.54, 1.807) is 0 Å². The summed E-state index contributed by atoms with van der Waals surface area (Å²) in [5.74, 6) is -0.958. The van der Waals surface area contributed by atoms with E-state index in [0.717, 1.165) is 0 Å². The fraction of sp³-hybridized carbons (Fsp3) is 0.273. The first kappa shape index (κ1) is 11.4. The number of anilines is 1. The highest BCUT2D eigenvalue weighted by Crippen LogP contribution is 2.20. The maximum Gasteiger partial charge on any atom is 0.223 e. The summed E-state index contributed by atoms with van der Waals surface area (Å²) in [5, 5.41) is 0. The number of ketones is 1. The smallest absolute Gasteiger partial charge is 0.223 e. The number of amides is 1. The largest absolute Gasteiger partial charge is 0.313 e. The van der Waals surface area contributed by atoms with E-state index < -0.39 is 5.82 Å². The van der Waals surface area contributed by atoms with Crippen molar-refractivity contribution in [2.75, 3.05) is 11.9 Å². The second-order valence-electron chi connectivity index (χ2n) is 3.30. The lowest BCUT2D eigenvalue weighted by Gasteiger charge is -2.16.